The van der Waals surface area contributed by atoms with Crippen LogP contribution in [0.3, 0.4) is 0 Å². The maximum Gasteiger partial charge on any atom is 0.304 e. The van der Waals surface area contributed by atoms with Gasteiger partial charge in [0.05, 0.1) is 17.1 Å². The molecule has 1 aromatic rings. The molecule has 8 nitrogen and oxygen atoms in total. The predicted octanol–water partition coefficient (Wildman–Crippen LogP) is -0.772. The van der Waals surface area contributed by atoms with E-state index >= 15 is 0 Å². The van der Waals surface area contributed by atoms with Crippen LogP contribution in [0.1, 0.15) is 12.0 Å². The van der Waals surface area contributed by atoms with Crippen molar-refractivity contribution in [2.75, 3.05) is 5.75 Å². The third-order valence-electron chi connectivity index (χ3n) is 2.33. The van der Waals surface area contributed by atoms with Gasteiger partial charge in [0.2, 0.25) is 20.0 Å². The van der Waals surface area contributed by atoms with Crippen LogP contribution in [0.25, 0.3) is 0 Å². The summed E-state index contributed by atoms with van der Waals surface area (Å²) in [6.07, 6.45) is -0.486. The number of hydrogen-bond donors (Lipinski definition) is 3. The number of aliphatic carboxylic acids is 1. The number of nitrogens with one attached hydrogen (secondary N) is 1. The van der Waals surface area contributed by atoms with Gasteiger partial charge in [0.15, 0.2) is 0 Å². The lowest BCUT2D eigenvalue weighted by atomic mass is 10.2. The van der Waals surface area contributed by atoms with Gasteiger partial charge in [-0.2, -0.15) is 0 Å². The molecule has 0 aromatic heterocycles. The van der Waals surface area contributed by atoms with E-state index < -0.39 is 38.2 Å². The van der Waals surface area contributed by atoms with Gasteiger partial charge in [0.25, 0.3) is 0 Å². The van der Waals surface area contributed by atoms with Crippen LogP contribution in [0.4, 0.5) is 0 Å². The van der Waals surface area contributed by atoms with E-state index in [4.69, 9.17) is 10.2 Å². The zero-order valence-corrected chi connectivity index (χ0v) is 11.9. The summed E-state index contributed by atoms with van der Waals surface area (Å²) in [5, 5.41) is 13.3. The van der Waals surface area contributed by atoms with Crippen molar-refractivity contribution in [1.29, 1.82) is 0 Å². The molecule has 1 aromatic carbocycles. The van der Waals surface area contributed by atoms with Crippen LogP contribution in [0.15, 0.2) is 29.2 Å². The van der Waals surface area contributed by atoms with Gasteiger partial charge < -0.3 is 5.11 Å². The van der Waals surface area contributed by atoms with E-state index in [-0.39, 0.29) is 11.4 Å². The molecule has 10 heteroatoms. The summed E-state index contributed by atoms with van der Waals surface area (Å²) in [7, 11) is -7.47. The van der Waals surface area contributed by atoms with E-state index in [0.717, 1.165) is 0 Å². The maximum absolute atomic E-state index is 11.4. The quantitative estimate of drug-likeness (QED) is 0.601. The minimum atomic E-state index is -3.78. The molecule has 0 heterocycles. The molecule has 0 unspecified atom stereocenters. The van der Waals surface area contributed by atoms with Crippen LogP contribution in [0.5, 0.6) is 0 Å². The molecule has 0 radical (unpaired) electrons. The Labute approximate surface area is 116 Å². The summed E-state index contributed by atoms with van der Waals surface area (Å²) in [5.74, 6) is -1.72. The van der Waals surface area contributed by atoms with E-state index in [2.05, 4.69) is 4.72 Å². The first-order chi connectivity index (χ1) is 9.10. The second-order valence-corrected chi connectivity index (χ2v) is 7.46. The van der Waals surface area contributed by atoms with Crippen molar-refractivity contribution in [2.45, 2.75) is 17.9 Å². The number of hydrogen-bond acceptors (Lipinski definition) is 5. The zero-order chi connectivity index (χ0) is 15.4. The summed E-state index contributed by atoms with van der Waals surface area (Å²) >= 11 is 0. The number of benzene rings is 1. The van der Waals surface area contributed by atoms with Crippen molar-refractivity contribution in [3.8, 4) is 0 Å². The number of carbonyl (C=O) groups is 1. The minimum absolute atomic E-state index is 0.0626. The fourth-order valence-electron chi connectivity index (χ4n) is 1.28. The Kier molecular flexibility index (Phi) is 5.22. The van der Waals surface area contributed by atoms with Gasteiger partial charge in [0, 0.05) is 6.54 Å². The van der Waals surface area contributed by atoms with Crippen LogP contribution in [-0.2, 0) is 31.4 Å². The van der Waals surface area contributed by atoms with Gasteiger partial charge in [-0.05, 0) is 17.7 Å². The number of carboxylic acid groups (broad SMARTS) is 1. The van der Waals surface area contributed by atoms with Gasteiger partial charge in [-0.3, -0.25) is 4.79 Å². The Bertz CT molecular complexity index is 679. The molecule has 0 aliphatic carbocycles. The maximum atomic E-state index is 11.4. The minimum Gasteiger partial charge on any atom is -0.481 e. The van der Waals surface area contributed by atoms with Crippen molar-refractivity contribution < 1.29 is 26.7 Å². The first-order valence-electron chi connectivity index (χ1n) is 5.41. The van der Waals surface area contributed by atoms with Gasteiger partial charge in [0.1, 0.15) is 0 Å². The summed E-state index contributed by atoms with van der Waals surface area (Å²) in [5.41, 5.74) is 0.524. The highest BCUT2D eigenvalue weighted by Gasteiger charge is 2.13. The lowest BCUT2D eigenvalue weighted by molar-refractivity contribution is -0.136. The molecule has 0 saturated carbocycles. The topological polar surface area (TPSA) is 144 Å². The molecule has 0 bridgehead atoms. The van der Waals surface area contributed by atoms with Crippen LogP contribution in [0, 0.1) is 0 Å². The molecule has 4 N–H and O–H groups in total. The molecule has 0 atom stereocenters. The van der Waals surface area contributed by atoms with E-state index in [1.165, 1.54) is 24.3 Å². The number of primary sulfonamides is 1. The van der Waals surface area contributed by atoms with E-state index in [0.29, 0.717) is 5.56 Å². The average Bonchev–Trinajstić information content (AvgIpc) is 2.34. The van der Waals surface area contributed by atoms with E-state index in [1.807, 2.05) is 0 Å². The van der Waals surface area contributed by atoms with Crippen molar-refractivity contribution in [2.24, 2.45) is 5.14 Å². The van der Waals surface area contributed by atoms with Gasteiger partial charge in [-0.15, -0.1) is 0 Å². The molecule has 1 rings (SSSR count). The lowest BCUT2D eigenvalue weighted by Gasteiger charge is -2.06. The smallest absolute Gasteiger partial charge is 0.304 e. The highest BCUT2D eigenvalue weighted by molar-refractivity contribution is 7.89. The fourth-order valence-corrected chi connectivity index (χ4v) is 2.77. The first kappa shape index (κ1) is 16.6. The summed E-state index contributed by atoms with van der Waals surface area (Å²) in [6.45, 7) is -0.0626. The number of sulfonamides is 2. The Hall–Kier alpha value is -1.49. The molecule has 0 amide bonds. The van der Waals surface area contributed by atoms with Gasteiger partial charge in [-0.1, -0.05) is 12.1 Å². The van der Waals surface area contributed by atoms with Gasteiger partial charge in [-0.25, -0.2) is 26.7 Å². The monoisotopic (exact) mass is 322 g/mol. The highest BCUT2D eigenvalue weighted by Crippen LogP contribution is 2.08. The Morgan fingerprint density at radius 2 is 1.70 bits per heavy atom. The number of nitrogens with two attached hydrogens (primary N) is 1. The average molecular weight is 322 g/mol. The molecule has 0 aliphatic rings. The number of carboxylic acids is 1. The van der Waals surface area contributed by atoms with Crippen molar-refractivity contribution >= 4 is 26.0 Å². The van der Waals surface area contributed by atoms with E-state index in [1.54, 1.807) is 0 Å². The van der Waals surface area contributed by atoms with Crippen LogP contribution in [-0.4, -0.2) is 33.7 Å². The molecule has 112 valence electrons. The van der Waals surface area contributed by atoms with Crippen LogP contribution in [0.2, 0.25) is 0 Å². The zero-order valence-electron chi connectivity index (χ0n) is 10.3. The third kappa shape index (κ3) is 5.65. The fraction of sp³-hybridized carbons (Fsp3) is 0.300. The molecule has 0 spiro atoms. The first-order valence-corrected chi connectivity index (χ1v) is 8.61. The largest absolute Gasteiger partial charge is 0.481 e. The Balaban J connectivity index is 2.64. The molecule has 20 heavy (non-hydrogen) atoms. The van der Waals surface area contributed by atoms with Crippen molar-refractivity contribution in [3.63, 3.8) is 0 Å². The normalized spacial score (nSPS) is 12.2. The molecular weight excluding hydrogens is 308 g/mol. The summed E-state index contributed by atoms with van der Waals surface area (Å²) in [4.78, 5) is 10.2. The molecule has 0 fully saturated rings. The molecule has 0 aliphatic heterocycles. The molecule has 0 saturated heterocycles. The van der Waals surface area contributed by atoms with Crippen molar-refractivity contribution in [3.05, 3.63) is 29.8 Å². The van der Waals surface area contributed by atoms with E-state index in [9.17, 15) is 21.6 Å². The van der Waals surface area contributed by atoms with Crippen molar-refractivity contribution in [1.82, 2.24) is 4.72 Å². The number of rotatable bonds is 7. The summed E-state index contributed by atoms with van der Waals surface area (Å²) in [6, 6.07) is 5.35. The summed E-state index contributed by atoms with van der Waals surface area (Å²) < 4.78 is 47.1. The molecular formula is C10H14N2O6S2. The highest BCUT2D eigenvalue weighted by atomic mass is 32.2. The standard InChI is InChI=1S/C10H14N2O6S2/c11-20(17,18)9-3-1-8(2-4-9)7-12-19(15,16)6-5-10(13)14/h1-4,12H,5-7H2,(H,13,14)(H2,11,17,18). The van der Waals surface area contributed by atoms with Crippen LogP contribution >= 0.6 is 0 Å². The van der Waals surface area contributed by atoms with Crippen LogP contribution < -0.4 is 9.86 Å². The predicted molar refractivity (Wildman–Crippen MR) is 70.7 cm³/mol. The Morgan fingerprint density at radius 3 is 2.15 bits per heavy atom. The second-order valence-electron chi connectivity index (χ2n) is 3.97. The van der Waals surface area contributed by atoms with Gasteiger partial charge >= 0.3 is 5.97 Å². The second kappa shape index (κ2) is 6.31. The SMILES string of the molecule is NS(=O)(=O)c1ccc(CNS(=O)(=O)CCC(=O)O)cc1. The Morgan fingerprint density at radius 1 is 1.15 bits per heavy atom. The third-order valence-corrected chi connectivity index (χ3v) is 4.59. The lowest BCUT2D eigenvalue weighted by Crippen LogP contribution is -2.27.